The number of likely N-dealkylation sites (N-methyl/N-ethyl adjacent to an activating group) is 1. The number of hydrogen-bond acceptors (Lipinski definition) is 15. The molecule has 3 aliphatic rings. The van der Waals surface area contributed by atoms with Crippen LogP contribution >= 0.6 is 11.3 Å². The van der Waals surface area contributed by atoms with Gasteiger partial charge in [0, 0.05) is 57.7 Å². The Hall–Kier alpha value is -7.60. The lowest BCUT2D eigenvalue weighted by Crippen LogP contribution is -2.59. The van der Waals surface area contributed by atoms with E-state index in [4.69, 9.17) is 14.0 Å². The number of aliphatic hydroxyl groups excluding tert-OH is 1. The summed E-state index contributed by atoms with van der Waals surface area (Å²) in [4.78, 5) is 101. The molecule has 7 N–H and O–H groups in total. The summed E-state index contributed by atoms with van der Waals surface area (Å²) < 4.78 is 31.3. The normalized spacial score (nSPS) is 17.8. The van der Waals surface area contributed by atoms with Crippen LogP contribution in [-0.2, 0) is 39.9 Å². The molecule has 8 rings (SSSR count). The molecule has 5 aromatic rings. The van der Waals surface area contributed by atoms with Gasteiger partial charge in [-0.2, -0.15) is 0 Å². The van der Waals surface area contributed by atoms with Crippen LogP contribution in [0.25, 0.3) is 21.8 Å². The highest BCUT2D eigenvalue weighted by Crippen LogP contribution is 2.41. The average Bonchev–Trinajstić information content (AvgIpc) is 3.98. The fourth-order valence-corrected chi connectivity index (χ4v) is 10.6. The number of β-amino-alcohol motifs (C(OH)–C–C–N with tert-alkyl or cyclic N) is 1. The molecule has 3 heterocycles. The van der Waals surface area contributed by atoms with Crippen molar-refractivity contribution in [1.29, 1.82) is 0 Å². The van der Waals surface area contributed by atoms with Gasteiger partial charge < -0.3 is 60.6 Å². The largest absolute Gasteiger partial charge is 0.507 e. The van der Waals surface area contributed by atoms with Crippen LogP contribution in [0.15, 0.2) is 82.8 Å². The Balaban J connectivity index is 0.730. The maximum absolute atomic E-state index is 14.7. The van der Waals surface area contributed by atoms with Crippen molar-refractivity contribution in [3.05, 3.63) is 112 Å². The molecule has 432 valence electrons. The highest BCUT2D eigenvalue weighted by molar-refractivity contribution is 7.13. The summed E-state index contributed by atoms with van der Waals surface area (Å²) in [5.41, 5.74) is 4.04. The predicted octanol–water partition coefficient (Wildman–Crippen LogP) is 4.87. The molecule has 1 aliphatic heterocycles. The Morgan fingerprint density at radius 3 is 2.33 bits per heavy atom. The molecule has 5 atom stereocenters. The molecular formula is C58H70FN9O12S. The van der Waals surface area contributed by atoms with Crippen LogP contribution in [0, 0.1) is 12.3 Å². The van der Waals surface area contributed by atoms with Crippen molar-refractivity contribution >= 4 is 52.7 Å². The Morgan fingerprint density at radius 2 is 1.63 bits per heavy atom. The summed E-state index contributed by atoms with van der Waals surface area (Å²) in [6.45, 7) is 7.88. The van der Waals surface area contributed by atoms with E-state index in [9.17, 15) is 48.2 Å². The number of phenols is 1. The number of aliphatic hydroxyl groups is 1. The number of benzene rings is 3. The molecule has 21 nitrogen and oxygen atoms in total. The van der Waals surface area contributed by atoms with E-state index in [0.717, 1.165) is 34.5 Å². The number of carbonyl (C=O) groups excluding carboxylic acids is 7. The zero-order valence-electron chi connectivity index (χ0n) is 46.1. The van der Waals surface area contributed by atoms with Crippen LogP contribution in [0.1, 0.15) is 115 Å². The van der Waals surface area contributed by atoms with Crippen molar-refractivity contribution in [1.82, 2.24) is 46.5 Å². The monoisotopic (exact) mass is 1140 g/mol. The van der Waals surface area contributed by atoms with Gasteiger partial charge in [-0.3, -0.25) is 33.6 Å². The lowest BCUT2D eigenvalue weighted by atomic mass is 9.85. The number of aromatic hydroxyl groups is 1. The van der Waals surface area contributed by atoms with Crippen molar-refractivity contribution in [2.45, 2.75) is 109 Å². The molecule has 2 aromatic heterocycles. The number of alkyl halides is 1. The number of aryl methyl sites for hydroxylation is 2. The molecular weight excluding hydrogens is 1070 g/mol. The van der Waals surface area contributed by atoms with Gasteiger partial charge in [-0.1, -0.05) is 80.5 Å². The molecule has 1 saturated carbocycles. The van der Waals surface area contributed by atoms with Gasteiger partial charge in [-0.15, -0.1) is 11.3 Å². The average molecular weight is 1140 g/mol. The number of rotatable bonds is 25. The predicted molar refractivity (Wildman–Crippen MR) is 296 cm³/mol. The molecule has 0 bridgehead atoms. The van der Waals surface area contributed by atoms with E-state index in [2.05, 4.69) is 36.7 Å². The second-order valence-corrected chi connectivity index (χ2v) is 22.6. The number of carbonyl (C=O) groups is 7. The van der Waals surface area contributed by atoms with E-state index < -0.39 is 64.8 Å². The van der Waals surface area contributed by atoms with E-state index in [1.807, 2.05) is 43.3 Å². The highest BCUT2D eigenvalue weighted by atomic mass is 32.1. The molecule has 81 heavy (non-hydrogen) atoms. The lowest BCUT2D eigenvalue weighted by Gasteiger charge is -2.36. The van der Waals surface area contributed by atoms with E-state index in [0.29, 0.717) is 11.1 Å². The summed E-state index contributed by atoms with van der Waals surface area (Å²) in [6, 6.07) is 17.9. The molecule has 2 fully saturated rings. The molecule has 7 amide bonds. The minimum Gasteiger partial charge on any atom is -0.507 e. The van der Waals surface area contributed by atoms with Crippen molar-refractivity contribution in [2.24, 2.45) is 5.41 Å². The van der Waals surface area contributed by atoms with E-state index >= 15 is 0 Å². The van der Waals surface area contributed by atoms with Gasteiger partial charge in [0.1, 0.15) is 17.8 Å². The smallest absolute Gasteiger partial charge is 0.273 e. The molecule has 23 heteroatoms. The first kappa shape index (κ1) is 59.5. The van der Waals surface area contributed by atoms with Crippen LogP contribution in [0.3, 0.4) is 0 Å². The molecule has 3 aromatic carbocycles. The van der Waals surface area contributed by atoms with Gasteiger partial charge in [-0.25, -0.2) is 9.37 Å². The van der Waals surface area contributed by atoms with Crippen molar-refractivity contribution < 1.29 is 62.2 Å². The van der Waals surface area contributed by atoms with E-state index in [1.54, 1.807) is 51.5 Å². The SMILES string of the molecule is Cc1ncsc1-c1ccc(C(CC(=O)NCCOCCOCCC(=O)NCCN(C)C(=O)c2ccc(-c3cc(C(=O)N[C@@H]4CCc5ccccc54)no3)cc2O)NC(=O)[C@@H]2C[C@@H](O)CN2C(=O)C(NC(=O)C2(F)CC2)C(C)(C)C)cc1. The zero-order chi connectivity index (χ0) is 58.0. The molecule has 0 radical (unpaired) electrons. The Bertz CT molecular complexity index is 3080. The van der Waals surface area contributed by atoms with Gasteiger partial charge in [-0.05, 0) is 72.4 Å². The second kappa shape index (κ2) is 26.3. The van der Waals surface area contributed by atoms with Crippen LogP contribution < -0.4 is 26.6 Å². The molecule has 0 spiro atoms. The minimum absolute atomic E-state index is 0.0353. The first-order valence-corrected chi connectivity index (χ1v) is 28.0. The number of hydrogen-bond donors (Lipinski definition) is 7. The number of ether oxygens (including phenoxy) is 2. The van der Waals surface area contributed by atoms with Gasteiger partial charge in [0.05, 0.1) is 72.7 Å². The highest BCUT2D eigenvalue weighted by Gasteiger charge is 2.53. The Kier molecular flexibility index (Phi) is 19.3. The van der Waals surface area contributed by atoms with Crippen LogP contribution in [0.4, 0.5) is 4.39 Å². The first-order chi connectivity index (χ1) is 38.7. The van der Waals surface area contributed by atoms with E-state index in [1.165, 1.54) is 44.9 Å². The van der Waals surface area contributed by atoms with Crippen LogP contribution in [0.5, 0.6) is 5.75 Å². The van der Waals surface area contributed by atoms with Crippen molar-refractivity contribution in [2.75, 3.05) is 59.7 Å². The summed E-state index contributed by atoms with van der Waals surface area (Å²) in [5.74, 6) is -3.74. The number of nitrogens with zero attached hydrogens (tertiary/aromatic N) is 4. The minimum atomic E-state index is -2.03. The van der Waals surface area contributed by atoms with Crippen LogP contribution in [-0.4, -0.2) is 155 Å². The first-order valence-electron chi connectivity index (χ1n) is 27.1. The standard InChI is InChI=1S/C58H70FN9O12S/c1-34-50(81-33-62-34)37-12-10-36(11-13-37)43(64-53(74)45-29-39(69)32-68(45)55(76)51(57(2,3)4)65-56(77)58(59)19-20-58)31-49(72)61-22-25-79-27-26-78-24-18-48(71)60-21-23-67(5)54(75)41-16-14-38(28-46(41)70)47-30-44(66-80-47)52(73)63-42-17-15-35-8-6-7-9-40(35)42/h6-14,16,28,30,33,39,42-43,45,51,69-70H,15,17-27,29,31-32H2,1-5H3,(H,60,71)(H,61,72)(H,63,73)(H,64,74)(H,65,77)/t39-,42-,43?,45+,51?/m1/s1. The van der Waals surface area contributed by atoms with E-state index in [-0.39, 0.29) is 125 Å². The number of fused-ring (bicyclic) bond motifs is 1. The lowest BCUT2D eigenvalue weighted by molar-refractivity contribution is -0.145. The summed E-state index contributed by atoms with van der Waals surface area (Å²) in [6.07, 6.45) is 0.513. The third-order valence-corrected chi connectivity index (χ3v) is 15.6. The number of likely N-dealkylation sites (tertiary alicyclic amines) is 1. The maximum atomic E-state index is 14.7. The summed E-state index contributed by atoms with van der Waals surface area (Å²) in [5, 5.41) is 39.5. The number of thiazole rings is 1. The summed E-state index contributed by atoms with van der Waals surface area (Å²) >= 11 is 1.48. The molecule has 2 unspecified atom stereocenters. The van der Waals surface area contributed by atoms with Gasteiger partial charge in [0.25, 0.3) is 17.7 Å². The Morgan fingerprint density at radius 1 is 0.914 bits per heavy atom. The number of aromatic nitrogens is 2. The second-order valence-electron chi connectivity index (χ2n) is 21.8. The van der Waals surface area contributed by atoms with Gasteiger partial charge >= 0.3 is 0 Å². The maximum Gasteiger partial charge on any atom is 0.273 e. The number of halogens is 1. The zero-order valence-corrected chi connectivity index (χ0v) is 46.9. The summed E-state index contributed by atoms with van der Waals surface area (Å²) in [7, 11) is 1.54. The fraction of sp³-hybridized carbons (Fsp3) is 0.466. The number of nitrogens with one attached hydrogen (secondary N) is 5. The third kappa shape index (κ3) is 15.2. The quantitative estimate of drug-likeness (QED) is 0.0384. The topological polar surface area (TPSA) is 284 Å². The van der Waals surface area contributed by atoms with Crippen molar-refractivity contribution in [3.63, 3.8) is 0 Å². The third-order valence-electron chi connectivity index (χ3n) is 14.6. The molecule has 1 saturated heterocycles. The van der Waals surface area contributed by atoms with Crippen molar-refractivity contribution in [3.8, 4) is 27.5 Å². The van der Waals surface area contributed by atoms with Gasteiger partial charge in [0.15, 0.2) is 17.1 Å². The van der Waals surface area contributed by atoms with Gasteiger partial charge in [0.2, 0.25) is 23.6 Å². The Labute approximate surface area is 472 Å². The molecule has 2 aliphatic carbocycles. The van der Waals surface area contributed by atoms with Crippen LogP contribution in [0.2, 0.25) is 0 Å². The number of amides is 7. The number of phenolic OH excluding ortho intramolecular Hbond substituents is 1. The fourth-order valence-electron chi connectivity index (χ4n) is 9.77.